The lowest BCUT2D eigenvalue weighted by Crippen LogP contribution is -2.22. The largest absolute Gasteiger partial charge is 0.347 e. The third kappa shape index (κ3) is 4.11. The van der Waals surface area contributed by atoms with Gasteiger partial charge in [0.1, 0.15) is 0 Å². The fourth-order valence-corrected chi connectivity index (χ4v) is 2.61. The molecule has 0 aromatic carbocycles. The van der Waals surface area contributed by atoms with E-state index in [-0.39, 0.29) is 18.3 Å². The first-order chi connectivity index (χ1) is 7.75. The van der Waals surface area contributed by atoms with Crippen LogP contribution in [0.2, 0.25) is 0 Å². The number of hydrogen-bond acceptors (Lipinski definition) is 3. The van der Waals surface area contributed by atoms with Crippen molar-refractivity contribution in [3.8, 4) is 0 Å². The lowest BCUT2D eigenvalue weighted by Gasteiger charge is -2.02. The Morgan fingerprint density at radius 1 is 1.41 bits per heavy atom. The SMILES string of the molecule is Cl.O=C(NCc1cc(Br)cs1)c1ccncc1. The van der Waals surface area contributed by atoms with Crippen molar-refractivity contribution in [2.75, 3.05) is 0 Å². The highest BCUT2D eigenvalue weighted by Crippen LogP contribution is 2.19. The van der Waals surface area contributed by atoms with Crippen molar-refractivity contribution in [2.45, 2.75) is 6.54 Å². The zero-order valence-corrected chi connectivity index (χ0v) is 11.9. The average Bonchev–Trinajstić information content (AvgIpc) is 2.73. The van der Waals surface area contributed by atoms with Gasteiger partial charge in [0.05, 0.1) is 6.54 Å². The summed E-state index contributed by atoms with van der Waals surface area (Å²) in [5, 5.41) is 4.85. The second kappa shape index (κ2) is 6.74. The van der Waals surface area contributed by atoms with Gasteiger partial charge in [-0.05, 0) is 34.1 Å². The minimum absolute atomic E-state index is 0. The molecule has 1 amide bonds. The number of pyridine rings is 1. The van der Waals surface area contributed by atoms with Gasteiger partial charge in [0, 0.05) is 32.7 Å². The van der Waals surface area contributed by atoms with E-state index in [4.69, 9.17) is 0 Å². The van der Waals surface area contributed by atoms with Gasteiger partial charge in [0.15, 0.2) is 0 Å². The molecule has 0 aliphatic heterocycles. The molecule has 0 saturated heterocycles. The first kappa shape index (κ1) is 14.2. The van der Waals surface area contributed by atoms with Gasteiger partial charge in [-0.25, -0.2) is 0 Å². The number of carbonyl (C=O) groups excluding carboxylic acids is 1. The predicted molar refractivity (Wildman–Crippen MR) is 74.7 cm³/mol. The van der Waals surface area contributed by atoms with E-state index < -0.39 is 0 Å². The fourth-order valence-electron chi connectivity index (χ4n) is 1.22. The fraction of sp³-hybridized carbons (Fsp3) is 0.0909. The number of nitrogens with one attached hydrogen (secondary N) is 1. The van der Waals surface area contributed by atoms with Crippen LogP contribution in [-0.4, -0.2) is 10.9 Å². The number of nitrogens with zero attached hydrogens (tertiary/aromatic N) is 1. The number of hydrogen-bond donors (Lipinski definition) is 1. The first-order valence-corrected chi connectivity index (χ1v) is 6.34. The molecule has 3 nitrogen and oxygen atoms in total. The zero-order valence-electron chi connectivity index (χ0n) is 8.72. The second-order valence-electron chi connectivity index (χ2n) is 3.15. The molecule has 0 bridgehead atoms. The Hall–Kier alpha value is -0.910. The lowest BCUT2D eigenvalue weighted by atomic mass is 10.2. The van der Waals surface area contributed by atoms with E-state index in [1.54, 1.807) is 35.9 Å². The Bertz CT molecular complexity index is 489. The van der Waals surface area contributed by atoms with E-state index in [1.165, 1.54) is 0 Å². The van der Waals surface area contributed by atoms with Gasteiger partial charge < -0.3 is 5.32 Å². The van der Waals surface area contributed by atoms with Gasteiger partial charge in [-0.3, -0.25) is 9.78 Å². The van der Waals surface area contributed by atoms with Gasteiger partial charge in [-0.15, -0.1) is 23.7 Å². The van der Waals surface area contributed by atoms with Crippen molar-refractivity contribution in [3.05, 3.63) is 50.9 Å². The van der Waals surface area contributed by atoms with Gasteiger partial charge in [-0.2, -0.15) is 0 Å². The third-order valence-electron chi connectivity index (χ3n) is 1.99. The van der Waals surface area contributed by atoms with Crippen LogP contribution in [0, 0.1) is 0 Å². The lowest BCUT2D eigenvalue weighted by molar-refractivity contribution is 0.0951. The topological polar surface area (TPSA) is 42.0 Å². The quantitative estimate of drug-likeness (QED) is 0.937. The molecule has 2 heterocycles. The summed E-state index contributed by atoms with van der Waals surface area (Å²) in [6, 6.07) is 5.39. The predicted octanol–water partition coefficient (Wildman–Crippen LogP) is 3.26. The van der Waals surface area contributed by atoms with E-state index in [0.717, 1.165) is 9.35 Å². The van der Waals surface area contributed by atoms with Gasteiger partial charge in [0.25, 0.3) is 5.91 Å². The standard InChI is InChI=1S/C11H9BrN2OS.ClH/c12-9-5-10(16-7-9)6-14-11(15)8-1-3-13-4-2-8;/h1-5,7H,6H2,(H,14,15);1H. The van der Waals surface area contributed by atoms with Gasteiger partial charge in [-0.1, -0.05) is 0 Å². The van der Waals surface area contributed by atoms with Crippen LogP contribution in [0.3, 0.4) is 0 Å². The Kier molecular flexibility index (Phi) is 5.61. The molecule has 6 heteroatoms. The van der Waals surface area contributed by atoms with Gasteiger partial charge in [0.2, 0.25) is 0 Å². The minimum Gasteiger partial charge on any atom is -0.347 e. The minimum atomic E-state index is -0.0769. The monoisotopic (exact) mass is 332 g/mol. The van der Waals surface area contributed by atoms with E-state index in [1.807, 2.05) is 11.4 Å². The molecule has 2 aromatic heterocycles. The highest BCUT2D eigenvalue weighted by atomic mass is 79.9. The number of halogens is 2. The zero-order chi connectivity index (χ0) is 11.4. The molecule has 0 unspecified atom stereocenters. The Labute approximate surface area is 118 Å². The maximum Gasteiger partial charge on any atom is 0.251 e. The average molecular weight is 334 g/mol. The normalized spacial score (nSPS) is 9.47. The molecule has 0 saturated carbocycles. The summed E-state index contributed by atoms with van der Waals surface area (Å²) in [7, 11) is 0. The van der Waals surface area contributed by atoms with Crippen molar-refractivity contribution < 1.29 is 4.79 Å². The highest BCUT2D eigenvalue weighted by Gasteiger charge is 2.04. The van der Waals surface area contributed by atoms with Crippen LogP contribution in [0.15, 0.2) is 40.4 Å². The summed E-state index contributed by atoms with van der Waals surface area (Å²) in [6.07, 6.45) is 3.22. The third-order valence-corrected chi connectivity index (χ3v) is 3.69. The van der Waals surface area contributed by atoms with E-state index in [9.17, 15) is 4.79 Å². The van der Waals surface area contributed by atoms with Crippen LogP contribution in [0.25, 0.3) is 0 Å². The van der Waals surface area contributed by atoms with E-state index in [0.29, 0.717) is 12.1 Å². The number of carbonyl (C=O) groups is 1. The maximum absolute atomic E-state index is 11.7. The molecule has 1 N–H and O–H groups in total. The van der Waals surface area contributed by atoms with Crippen molar-refractivity contribution in [3.63, 3.8) is 0 Å². The molecule has 0 radical (unpaired) electrons. The first-order valence-electron chi connectivity index (χ1n) is 4.67. The van der Waals surface area contributed by atoms with Crippen LogP contribution >= 0.6 is 39.7 Å². The second-order valence-corrected chi connectivity index (χ2v) is 5.06. The molecule has 0 aliphatic carbocycles. The molecular weight excluding hydrogens is 324 g/mol. The molecule has 0 spiro atoms. The molecule has 0 fully saturated rings. The Balaban J connectivity index is 0.00000144. The van der Waals surface area contributed by atoms with Crippen LogP contribution in [0.4, 0.5) is 0 Å². The van der Waals surface area contributed by atoms with Gasteiger partial charge >= 0.3 is 0 Å². The van der Waals surface area contributed by atoms with E-state index >= 15 is 0 Å². The van der Waals surface area contributed by atoms with Crippen LogP contribution in [0.5, 0.6) is 0 Å². The number of aromatic nitrogens is 1. The smallest absolute Gasteiger partial charge is 0.251 e. The van der Waals surface area contributed by atoms with Crippen molar-refractivity contribution in [2.24, 2.45) is 0 Å². The van der Waals surface area contributed by atoms with Crippen molar-refractivity contribution >= 4 is 45.6 Å². The van der Waals surface area contributed by atoms with E-state index in [2.05, 4.69) is 26.2 Å². The molecule has 90 valence electrons. The molecular formula is C11H10BrClN2OS. The van der Waals surface area contributed by atoms with Crippen LogP contribution in [-0.2, 0) is 6.54 Å². The molecule has 2 rings (SSSR count). The summed E-state index contributed by atoms with van der Waals surface area (Å²) >= 11 is 4.99. The summed E-state index contributed by atoms with van der Waals surface area (Å²) in [5.41, 5.74) is 0.630. The molecule has 17 heavy (non-hydrogen) atoms. The molecule has 0 aliphatic rings. The Morgan fingerprint density at radius 2 is 2.12 bits per heavy atom. The maximum atomic E-state index is 11.7. The summed E-state index contributed by atoms with van der Waals surface area (Å²) < 4.78 is 1.05. The van der Waals surface area contributed by atoms with Crippen LogP contribution < -0.4 is 5.32 Å². The number of amides is 1. The summed E-state index contributed by atoms with van der Waals surface area (Å²) in [6.45, 7) is 0.553. The molecule has 2 aromatic rings. The number of thiophene rings is 1. The summed E-state index contributed by atoms with van der Waals surface area (Å²) in [4.78, 5) is 16.7. The van der Waals surface area contributed by atoms with Crippen molar-refractivity contribution in [1.29, 1.82) is 0 Å². The van der Waals surface area contributed by atoms with Crippen molar-refractivity contribution in [1.82, 2.24) is 10.3 Å². The van der Waals surface area contributed by atoms with Crippen LogP contribution in [0.1, 0.15) is 15.2 Å². The Morgan fingerprint density at radius 3 is 2.71 bits per heavy atom. The summed E-state index contributed by atoms with van der Waals surface area (Å²) in [5.74, 6) is -0.0769. The molecule has 0 atom stereocenters. The number of rotatable bonds is 3. The highest BCUT2D eigenvalue weighted by molar-refractivity contribution is 9.10.